The molecule has 12 heavy (non-hydrogen) atoms. The minimum Gasteiger partial charge on any atom is -0.303 e. The summed E-state index contributed by atoms with van der Waals surface area (Å²) in [7, 11) is 0. The summed E-state index contributed by atoms with van der Waals surface area (Å²) in [5, 5.41) is 0. The van der Waals surface area contributed by atoms with Crippen LogP contribution in [0.3, 0.4) is 0 Å². The van der Waals surface area contributed by atoms with E-state index in [1.807, 2.05) is 0 Å². The summed E-state index contributed by atoms with van der Waals surface area (Å²) in [5.74, 6) is 0.939. The first kappa shape index (κ1) is 10.0. The Hall–Kier alpha value is -0.0400. The molecule has 1 rings (SSSR count). The van der Waals surface area contributed by atoms with Crippen LogP contribution in [0, 0.1) is 11.3 Å². The minimum atomic E-state index is 0.530. The van der Waals surface area contributed by atoms with Gasteiger partial charge in [-0.25, -0.2) is 0 Å². The third-order valence-corrected chi connectivity index (χ3v) is 3.01. The second-order valence-corrected chi connectivity index (χ2v) is 5.18. The van der Waals surface area contributed by atoms with Gasteiger partial charge in [-0.2, -0.15) is 0 Å². The fraction of sp³-hybridized carbons (Fsp3) is 1.00. The highest BCUT2D eigenvalue weighted by molar-refractivity contribution is 4.87. The second kappa shape index (κ2) is 3.78. The Labute approximate surface area is 77.1 Å². The Balaban J connectivity index is 2.12. The predicted molar refractivity (Wildman–Crippen MR) is 54.3 cm³/mol. The quantitative estimate of drug-likeness (QED) is 0.628. The molecule has 1 heteroatoms. The van der Waals surface area contributed by atoms with Crippen molar-refractivity contribution in [3.63, 3.8) is 0 Å². The SMILES string of the molecule is CCCCN1CC(C(C)(C)C)C1. The Morgan fingerprint density at radius 1 is 1.25 bits per heavy atom. The molecule has 1 fully saturated rings. The molecule has 1 nitrogen and oxygen atoms in total. The molecule has 0 bridgehead atoms. The highest BCUT2D eigenvalue weighted by atomic mass is 15.2. The first-order chi connectivity index (χ1) is 5.54. The normalized spacial score (nSPS) is 21.0. The van der Waals surface area contributed by atoms with Crippen LogP contribution < -0.4 is 0 Å². The van der Waals surface area contributed by atoms with Crippen LogP contribution in [0.2, 0.25) is 0 Å². The largest absolute Gasteiger partial charge is 0.303 e. The fourth-order valence-corrected chi connectivity index (χ4v) is 1.68. The lowest BCUT2D eigenvalue weighted by Crippen LogP contribution is -2.52. The average Bonchev–Trinajstić information content (AvgIpc) is 1.81. The van der Waals surface area contributed by atoms with Crippen LogP contribution in [-0.2, 0) is 0 Å². The summed E-state index contributed by atoms with van der Waals surface area (Å²) in [6.07, 6.45) is 2.70. The van der Waals surface area contributed by atoms with Crippen LogP contribution in [-0.4, -0.2) is 24.5 Å². The Morgan fingerprint density at radius 2 is 1.83 bits per heavy atom. The van der Waals surface area contributed by atoms with Crippen LogP contribution in [0.4, 0.5) is 0 Å². The summed E-state index contributed by atoms with van der Waals surface area (Å²) < 4.78 is 0. The first-order valence-electron chi connectivity index (χ1n) is 5.26. The second-order valence-electron chi connectivity index (χ2n) is 5.18. The van der Waals surface area contributed by atoms with Crippen molar-refractivity contribution in [2.45, 2.75) is 40.5 Å². The van der Waals surface area contributed by atoms with E-state index in [9.17, 15) is 0 Å². The maximum atomic E-state index is 2.58. The van der Waals surface area contributed by atoms with Crippen molar-refractivity contribution >= 4 is 0 Å². The van der Waals surface area contributed by atoms with E-state index in [0.717, 1.165) is 5.92 Å². The fourth-order valence-electron chi connectivity index (χ4n) is 1.68. The zero-order chi connectivity index (χ0) is 9.19. The van der Waals surface area contributed by atoms with Gasteiger partial charge in [0.15, 0.2) is 0 Å². The van der Waals surface area contributed by atoms with Crippen LogP contribution >= 0.6 is 0 Å². The van der Waals surface area contributed by atoms with Crippen molar-refractivity contribution in [1.29, 1.82) is 0 Å². The van der Waals surface area contributed by atoms with Crippen molar-refractivity contribution in [2.75, 3.05) is 19.6 Å². The Kier molecular flexibility index (Phi) is 3.16. The molecule has 0 radical (unpaired) electrons. The van der Waals surface area contributed by atoms with Crippen molar-refractivity contribution in [2.24, 2.45) is 11.3 Å². The van der Waals surface area contributed by atoms with Gasteiger partial charge < -0.3 is 4.90 Å². The molecule has 72 valence electrons. The van der Waals surface area contributed by atoms with Crippen molar-refractivity contribution < 1.29 is 0 Å². The lowest BCUT2D eigenvalue weighted by Gasteiger charge is -2.46. The summed E-state index contributed by atoms with van der Waals surface area (Å²) in [4.78, 5) is 2.58. The van der Waals surface area contributed by atoms with Gasteiger partial charge in [0.1, 0.15) is 0 Å². The van der Waals surface area contributed by atoms with Gasteiger partial charge in [-0.3, -0.25) is 0 Å². The van der Waals surface area contributed by atoms with Gasteiger partial charge in [-0.05, 0) is 24.3 Å². The smallest absolute Gasteiger partial charge is 0.00270 e. The van der Waals surface area contributed by atoms with Crippen LogP contribution in [0.1, 0.15) is 40.5 Å². The predicted octanol–water partition coefficient (Wildman–Crippen LogP) is 2.76. The molecular weight excluding hydrogens is 146 g/mol. The third-order valence-electron chi connectivity index (χ3n) is 3.01. The number of hydrogen-bond donors (Lipinski definition) is 0. The van der Waals surface area contributed by atoms with E-state index in [0.29, 0.717) is 5.41 Å². The molecular formula is C11H23N. The lowest BCUT2D eigenvalue weighted by atomic mass is 9.76. The Bertz CT molecular complexity index is 128. The highest BCUT2D eigenvalue weighted by Gasteiger charge is 2.34. The summed E-state index contributed by atoms with van der Waals surface area (Å²) in [6.45, 7) is 13.3. The van der Waals surface area contributed by atoms with Gasteiger partial charge in [-0.1, -0.05) is 34.1 Å². The number of hydrogen-bond acceptors (Lipinski definition) is 1. The van der Waals surface area contributed by atoms with E-state index in [-0.39, 0.29) is 0 Å². The van der Waals surface area contributed by atoms with Gasteiger partial charge in [0, 0.05) is 13.1 Å². The van der Waals surface area contributed by atoms with Crippen molar-refractivity contribution in [3.8, 4) is 0 Å². The minimum absolute atomic E-state index is 0.530. The third kappa shape index (κ3) is 2.48. The van der Waals surface area contributed by atoms with Crippen LogP contribution in [0.25, 0.3) is 0 Å². The van der Waals surface area contributed by atoms with E-state index in [4.69, 9.17) is 0 Å². The molecule has 0 aromatic rings. The number of likely N-dealkylation sites (tertiary alicyclic amines) is 1. The first-order valence-corrected chi connectivity index (χ1v) is 5.26. The van der Waals surface area contributed by atoms with Crippen molar-refractivity contribution in [3.05, 3.63) is 0 Å². The molecule has 0 saturated carbocycles. The van der Waals surface area contributed by atoms with E-state index in [1.165, 1.54) is 32.5 Å². The van der Waals surface area contributed by atoms with Crippen molar-refractivity contribution in [1.82, 2.24) is 4.90 Å². The molecule has 0 amide bonds. The highest BCUT2D eigenvalue weighted by Crippen LogP contribution is 2.33. The number of nitrogens with zero attached hydrogens (tertiary/aromatic N) is 1. The maximum absolute atomic E-state index is 2.58. The standard InChI is InChI=1S/C11H23N/c1-5-6-7-12-8-10(9-12)11(2,3)4/h10H,5-9H2,1-4H3. The molecule has 1 heterocycles. The molecule has 0 aromatic heterocycles. The molecule has 0 aromatic carbocycles. The zero-order valence-electron chi connectivity index (χ0n) is 9.06. The molecule has 1 saturated heterocycles. The Morgan fingerprint density at radius 3 is 2.25 bits per heavy atom. The lowest BCUT2D eigenvalue weighted by molar-refractivity contribution is 0.0242. The monoisotopic (exact) mass is 169 g/mol. The molecule has 0 atom stereocenters. The number of rotatable bonds is 3. The zero-order valence-corrected chi connectivity index (χ0v) is 9.06. The molecule has 0 spiro atoms. The number of unbranched alkanes of at least 4 members (excludes halogenated alkanes) is 1. The molecule has 0 N–H and O–H groups in total. The molecule has 0 unspecified atom stereocenters. The summed E-state index contributed by atoms with van der Waals surface area (Å²) in [5.41, 5.74) is 0.530. The van der Waals surface area contributed by atoms with E-state index in [1.54, 1.807) is 0 Å². The van der Waals surface area contributed by atoms with Gasteiger partial charge >= 0.3 is 0 Å². The van der Waals surface area contributed by atoms with Gasteiger partial charge in [0.05, 0.1) is 0 Å². The van der Waals surface area contributed by atoms with Gasteiger partial charge in [0.2, 0.25) is 0 Å². The molecule has 1 aliphatic rings. The summed E-state index contributed by atoms with van der Waals surface area (Å²) in [6, 6.07) is 0. The van der Waals surface area contributed by atoms with E-state index in [2.05, 4.69) is 32.6 Å². The van der Waals surface area contributed by atoms with Gasteiger partial charge in [-0.15, -0.1) is 0 Å². The topological polar surface area (TPSA) is 3.24 Å². The van der Waals surface area contributed by atoms with Crippen LogP contribution in [0.5, 0.6) is 0 Å². The molecule has 0 aliphatic carbocycles. The van der Waals surface area contributed by atoms with Gasteiger partial charge in [0.25, 0.3) is 0 Å². The van der Waals surface area contributed by atoms with Crippen LogP contribution in [0.15, 0.2) is 0 Å². The molecule has 1 aliphatic heterocycles. The van der Waals surface area contributed by atoms with E-state index >= 15 is 0 Å². The summed E-state index contributed by atoms with van der Waals surface area (Å²) >= 11 is 0. The van der Waals surface area contributed by atoms with E-state index < -0.39 is 0 Å². The average molecular weight is 169 g/mol. The maximum Gasteiger partial charge on any atom is 0.00270 e.